The summed E-state index contributed by atoms with van der Waals surface area (Å²) in [6, 6.07) is 1.06. The number of morpholine rings is 1. The molecule has 0 aromatic heterocycles. The van der Waals surface area contributed by atoms with Gasteiger partial charge in [0.2, 0.25) is 0 Å². The Morgan fingerprint density at radius 3 is 2.73 bits per heavy atom. The Bertz CT molecular complexity index is 393. The third-order valence-electron chi connectivity index (χ3n) is 5.75. The summed E-state index contributed by atoms with van der Waals surface area (Å²) < 4.78 is 6.02. The number of nitrogens with zero attached hydrogens (tertiary/aromatic N) is 2. The van der Waals surface area contributed by atoms with Crippen LogP contribution in [0.15, 0.2) is 0 Å². The molecule has 0 unspecified atom stereocenters. The van der Waals surface area contributed by atoms with Gasteiger partial charge in [-0.05, 0) is 52.6 Å². The fourth-order valence-corrected chi connectivity index (χ4v) is 4.37. The Morgan fingerprint density at radius 2 is 2.00 bits per heavy atom. The molecule has 3 rings (SSSR count). The van der Waals surface area contributed by atoms with Crippen molar-refractivity contribution < 1.29 is 9.53 Å². The van der Waals surface area contributed by atoms with E-state index >= 15 is 0 Å². The van der Waals surface area contributed by atoms with Crippen LogP contribution in [0.2, 0.25) is 0 Å². The number of ether oxygens (including phenoxy) is 1. The summed E-state index contributed by atoms with van der Waals surface area (Å²) in [5, 5.41) is 3.28. The molecule has 1 spiro atoms. The molecule has 0 radical (unpaired) electrons. The number of carbonyl (C=O) groups is 1. The Balaban J connectivity index is 1.53. The first-order valence-electron chi connectivity index (χ1n) is 8.94. The molecular weight excluding hydrogens is 278 g/mol. The molecule has 1 N–H and O–H groups in total. The van der Waals surface area contributed by atoms with Crippen molar-refractivity contribution in [2.45, 2.75) is 69.1 Å². The van der Waals surface area contributed by atoms with Crippen molar-refractivity contribution in [3.8, 4) is 0 Å². The minimum Gasteiger partial charge on any atom is -0.371 e. The van der Waals surface area contributed by atoms with Gasteiger partial charge in [0, 0.05) is 18.6 Å². The van der Waals surface area contributed by atoms with Crippen LogP contribution in [-0.4, -0.2) is 67.3 Å². The van der Waals surface area contributed by atoms with Crippen LogP contribution < -0.4 is 5.32 Å². The number of hydrogen-bond acceptors (Lipinski definition) is 3. The zero-order valence-corrected chi connectivity index (χ0v) is 14.1. The van der Waals surface area contributed by atoms with Crippen molar-refractivity contribution in [3.05, 3.63) is 0 Å². The van der Waals surface area contributed by atoms with E-state index in [4.69, 9.17) is 4.74 Å². The number of carbonyl (C=O) groups excluding carboxylic acids is 1. The Labute approximate surface area is 134 Å². The molecule has 5 heteroatoms. The van der Waals surface area contributed by atoms with Crippen molar-refractivity contribution in [2.75, 3.05) is 33.8 Å². The van der Waals surface area contributed by atoms with Gasteiger partial charge in [0.05, 0.1) is 18.8 Å². The lowest BCUT2D eigenvalue weighted by atomic mass is 9.90. The SMILES string of the molecule is CN(C)[C@H]1CCC[C@H](NC(=O)N2CCOC3(CCCC3)C2)C1. The number of rotatable bonds is 2. The van der Waals surface area contributed by atoms with E-state index < -0.39 is 0 Å². The second-order valence-corrected chi connectivity index (χ2v) is 7.59. The fourth-order valence-electron chi connectivity index (χ4n) is 4.37. The van der Waals surface area contributed by atoms with Gasteiger partial charge < -0.3 is 19.9 Å². The number of nitrogens with one attached hydrogen (secondary N) is 1. The monoisotopic (exact) mass is 309 g/mol. The molecule has 1 aliphatic heterocycles. The third kappa shape index (κ3) is 3.57. The van der Waals surface area contributed by atoms with Crippen LogP contribution in [0, 0.1) is 0 Å². The Kier molecular flexibility index (Phi) is 4.93. The third-order valence-corrected chi connectivity index (χ3v) is 5.75. The molecule has 2 saturated carbocycles. The summed E-state index contributed by atoms with van der Waals surface area (Å²) in [4.78, 5) is 16.9. The molecule has 1 heterocycles. The predicted molar refractivity (Wildman–Crippen MR) is 87.0 cm³/mol. The summed E-state index contributed by atoms with van der Waals surface area (Å²) >= 11 is 0. The van der Waals surface area contributed by atoms with Crippen molar-refractivity contribution in [2.24, 2.45) is 0 Å². The second-order valence-electron chi connectivity index (χ2n) is 7.59. The van der Waals surface area contributed by atoms with E-state index in [9.17, 15) is 4.79 Å². The van der Waals surface area contributed by atoms with Crippen molar-refractivity contribution >= 4 is 6.03 Å². The number of amides is 2. The number of hydrogen-bond donors (Lipinski definition) is 1. The molecular formula is C17H31N3O2. The summed E-state index contributed by atoms with van der Waals surface area (Å²) in [5.41, 5.74) is -0.0334. The Hall–Kier alpha value is -0.810. The van der Waals surface area contributed by atoms with Gasteiger partial charge >= 0.3 is 6.03 Å². The summed E-state index contributed by atoms with van der Waals surface area (Å²) in [6.45, 7) is 2.21. The highest BCUT2D eigenvalue weighted by atomic mass is 16.5. The fraction of sp³-hybridized carbons (Fsp3) is 0.941. The first-order valence-corrected chi connectivity index (χ1v) is 8.94. The highest BCUT2D eigenvalue weighted by molar-refractivity contribution is 5.74. The molecule has 1 saturated heterocycles. The molecule has 2 atom stereocenters. The van der Waals surface area contributed by atoms with Crippen LogP contribution in [0.5, 0.6) is 0 Å². The van der Waals surface area contributed by atoms with Crippen molar-refractivity contribution in [1.82, 2.24) is 15.1 Å². The van der Waals surface area contributed by atoms with Crippen LogP contribution in [0.3, 0.4) is 0 Å². The minimum atomic E-state index is -0.0334. The largest absolute Gasteiger partial charge is 0.371 e. The van der Waals surface area contributed by atoms with E-state index in [1.807, 2.05) is 4.90 Å². The molecule has 2 aliphatic carbocycles. The van der Waals surface area contributed by atoms with E-state index in [0.717, 1.165) is 38.8 Å². The molecule has 2 amide bonds. The average Bonchev–Trinajstić information content (AvgIpc) is 2.95. The van der Waals surface area contributed by atoms with Crippen LogP contribution in [-0.2, 0) is 4.74 Å². The lowest BCUT2D eigenvalue weighted by molar-refractivity contribution is -0.0928. The van der Waals surface area contributed by atoms with E-state index in [-0.39, 0.29) is 11.6 Å². The van der Waals surface area contributed by atoms with Gasteiger partial charge in [0.15, 0.2) is 0 Å². The van der Waals surface area contributed by atoms with Gasteiger partial charge in [-0.2, -0.15) is 0 Å². The normalized spacial score (nSPS) is 31.7. The van der Waals surface area contributed by atoms with E-state index in [1.165, 1.54) is 25.7 Å². The van der Waals surface area contributed by atoms with E-state index in [1.54, 1.807) is 0 Å². The first kappa shape index (κ1) is 16.1. The summed E-state index contributed by atoms with van der Waals surface area (Å²) in [5.74, 6) is 0. The molecule has 3 fully saturated rings. The molecule has 126 valence electrons. The molecule has 0 bridgehead atoms. The van der Waals surface area contributed by atoms with Gasteiger partial charge in [0.25, 0.3) is 0 Å². The second kappa shape index (κ2) is 6.75. The minimum absolute atomic E-state index is 0.0334. The van der Waals surface area contributed by atoms with Crippen molar-refractivity contribution in [3.63, 3.8) is 0 Å². The predicted octanol–water partition coefficient (Wildman–Crippen LogP) is 2.21. The lowest BCUT2D eigenvalue weighted by Gasteiger charge is -2.41. The highest BCUT2D eigenvalue weighted by Gasteiger charge is 2.41. The maximum atomic E-state index is 12.6. The quantitative estimate of drug-likeness (QED) is 0.850. The molecule has 0 aromatic carbocycles. The summed E-state index contributed by atoms with van der Waals surface area (Å²) in [7, 11) is 4.28. The van der Waals surface area contributed by atoms with Crippen molar-refractivity contribution in [1.29, 1.82) is 0 Å². The van der Waals surface area contributed by atoms with E-state index in [0.29, 0.717) is 18.7 Å². The molecule has 22 heavy (non-hydrogen) atoms. The standard InChI is InChI=1S/C17H31N3O2/c1-19(2)15-7-5-6-14(12-15)18-16(21)20-10-11-22-17(13-20)8-3-4-9-17/h14-15H,3-13H2,1-2H3,(H,18,21)/t14-,15-/m0/s1. The average molecular weight is 309 g/mol. The maximum absolute atomic E-state index is 12.6. The highest BCUT2D eigenvalue weighted by Crippen LogP contribution is 2.35. The summed E-state index contributed by atoms with van der Waals surface area (Å²) in [6.07, 6.45) is 9.36. The first-order chi connectivity index (χ1) is 10.6. The van der Waals surface area contributed by atoms with Gasteiger partial charge in [0.1, 0.15) is 0 Å². The zero-order chi connectivity index (χ0) is 15.6. The van der Waals surface area contributed by atoms with Crippen LogP contribution in [0.25, 0.3) is 0 Å². The van der Waals surface area contributed by atoms with Crippen LogP contribution in [0.4, 0.5) is 4.79 Å². The topological polar surface area (TPSA) is 44.8 Å². The lowest BCUT2D eigenvalue weighted by Crippen LogP contribution is -2.56. The molecule has 0 aromatic rings. The number of urea groups is 1. The van der Waals surface area contributed by atoms with Crippen LogP contribution >= 0.6 is 0 Å². The van der Waals surface area contributed by atoms with Crippen LogP contribution in [0.1, 0.15) is 51.4 Å². The zero-order valence-electron chi connectivity index (χ0n) is 14.1. The van der Waals surface area contributed by atoms with Gasteiger partial charge in [-0.3, -0.25) is 0 Å². The molecule has 5 nitrogen and oxygen atoms in total. The maximum Gasteiger partial charge on any atom is 0.317 e. The van der Waals surface area contributed by atoms with Gasteiger partial charge in [-0.15, -0.1) is 0 Å². The van der Waals surface area contributed by atoms with Gasteiger partial charge in [-0.1, -0.05) is 12.8 Å². The Morgan fingerprint density at radius 1 is 1.23 bits per heavy atom. The smallest absolute Gasteiger partial charge is 0.317 e. The van der Waals surface area contributed by atoms with E-state index in [2.05, 4.69) is 24.3 Å². The molecule has 3 aliphatic rings. The van der Waals surface area contributed by atoms with Gasteiger partial charge in [-0.25, -0.2) is 4.79 Å².